The molecule has 3 nitrogen and oxygen atoms in total. The second-order valence-corrected chi connectivity index (χ2v) is 5.12. The highest BCUT2D eigenvalue weighted by Crippen LogP contribution is 2.40. The summed E-state index contributed by atoms with van der Waals surface area (Å²) in [5.74, 6) is 1.33. The van der Waals surface area contributed by atoms with Crippen LogP contribution in [0, 0.1) is 5.92 Å². The molecule has 0 aromatic rings. The molecule has 1 aliphatic carbocycles. The maximum Gasteiger partial charge on any atom is 0.139 e. The molecule has 3 atom stereocenters. The smallest absolute Gasteiger partial charge is 0.139 e. The molecule has 2 rings (SSSR count). The molecule has 92 valence electrons. The fourth-order valence-corrected chi connectivity index (χ4v) is 2.98. The van der Waals surface area contributed by atoms with Crippen molar-refractivity contribution in [3.05, 3.63) is 11.8 Å². The van der Waals surface area contributed by atoms with Crippen molar-refractivity contribution in [3.63, 3.8) is 0 Å². The second-order valence-electron chi connectivity index (χ2n) is 5.12. The van der Waals surface area contributed by atoms with Crippen LogP contribution in [-0.4, -0.2) is 30.5 Å². The van der Waals surface area contributed by atoms with E-state index in [2.05, 4.69) is 6.92 Å². The Bertz CT molecular complexity index is 274. The standard InChI is InChI=1S/C13H22O3/c1-10-5-3-7-13(9-10,15-2)12(14)11-6-4-8-16-11/h6,10,12,14H,3-5,7-9H2,1-2H3. The lowest BCUT2D eigenvalue weighted by atomic mass is 9.75. The van der Waals surface area contributed by atoms with Gasteiger partial charge in [-0.05, 0) is 24.8 Å². The van der Waals surface area contributed by atoms with Gasteiger partial charge in [0.15, 0.2) is 0 Å². The molecule has 0 aromatic heterocycles. The Morgan fingerprint density at radius 3 is 3.00 bits per heavy atom. The van der Waals surface area contributed by atoms with E-state index in [1.807, 2.05) is 6.08 Å². The fourth-order valence-electron chi connectivity index (χ4n) is 2.98. The molecule has 0 radical (unpaired) electrons. The number of aliphatic hydroxyl groups is 1. The zero-order valence-corrected chi connectivity index (χ0v) is 10.2. The summed E-state index contributed by atoms with van der Waals surface area (Å²) in [6.07, 6.45) is 6.51. The highest BCUT2D eigenvalue weighted by Gasteiger charge is 2.44. The molecule has 1 fully saturated rings. The van der Waals surface area contributed by atoms with E-state index in [0.717, 1.165) is 31.4 Å². The van der Waals surface area contributed by atoms with Gasteiger partial charge in [-0.2, -0.15) is 0 Å². The predicted molar refractivity (Wildman–Crippen MR) is 62.0 cm³/mol. The van der Waals surface area contributed by atoms with Gasteiger partial charge >= 0.3 is 0 Å². The molecule has 0 bridgehead atoms. The van der Waals surface area contributed by atoms with Gasteiger partial charge in [0.05, 0.1) is 6.61 Å². The van der Waals surface area contributed by atoms with E-state index in [9.17, 15) is 5.11 Å². The third-order valence-electron chi connectivity index (χ3n) is 3.90. The molecule has 3 heteroatoms. The van der Waals surface area contributed by atoms with Crippen molar-refractivity contribution in [2.24, 2.45) is 5.92 Å². The summed E-state index contributed by atoms with van der Waals surface area (Å²) < 4.78 is 11.1. The van der Waals surface area contributed by atoms with E-state index >= 15 is 0 Å². The summed E-state index contributed by atoms with van der Waals surface area (Å²) >= 11 is 0. The van der Waals surface area contributed by atoms with Gasteiger partial charge in [-0.3, -0.25) is 0 Å². The maximum atomic E-state index is 10.4. The highest BCUT2D eigenvalue weighted by molar-refractivity contribution is 5.12. The summed E-state index contributed by atoms with van der Waals surface area (Å²) in [6.45, 7) is 2.92. The zero-order chi connectivity index (χ0) is 11.6. The third kappa shape index (κ3) is 2.11. The Morgan fingerprint density at radius 2 is 2.44 bits per heavy atom. The number of hydrogen-bond donors (Lipinski definition) is 1. The van der Waals surface area contributed by atoms with E-state index in [1.54, 1.807) is 7.11 Å². The predicted octanol–water partition coefficient (Wildman–Crippen LogP) is 2.25. The van der Waals surface area contributed by atoms with Crippen LogP contribution in [0.25, 0.3) is 0 Å². The lowest BCUT2D eigenvalue weighted by Gasteiger charge is -2.42. The van der Waals surface area contributed by atoms with E-state index < -0.39 is 11.7 Å². The lowest BCUT2D eigenvalue weighted by Crippen LogP contribution is -2.48. The van der Waals surface area contributed by atoms with Crippen LogP contribution in [0.5, 0.6) is 0 Å². The Labute approximate surface area is 97.4 Å². The summed E-state index contributed by atoms with van der Waals surface area (Å²) in [5, 5.41) is 10.4. The summed E-state index contributed by atoms with van der Waals surface area (Å²) in [7, 11) is 1.71. The summed E-state index contributed by atoms with van der Waals surface area (Å²) in [5.41, 5.74) is -0.423. The zero-order valence-electron chi connectivity index (χ0n) is 10.2. The minimum absolute atomic E-state index is 0.423. The Morgan fingerprint density at radius 1 is 1.62 bits per heavy atom. The Kier molecular flexibility index (Phi) is 3.55. The normalized spacial score (nSPS) is 36.7. The molecule has 0 aromatic carbocycles. The van der Waals surface area contributed by atoms with Gasteiger partial charge in [0, 0.05) is 13.5 Å². The van der Waals surface area contributed by atoms with Gasteiger partial charge in [0.25, 0.3) is 0 Å². The van der Waals surface area contributed by atoms with Gasteiger partial charge in [0.2, 0.25) is 0 Å². The van der Waals surface area contributed by atoms with Crippen molar-refractivity contribution in [1.29, 1.82) is 0 Å². The van der Waals surface area contributed by atoms with Crippen molar-refractivity contribution in [3.8, 4) is 0 Å². The van der Waals surface area contributed by atoms with E-state index in [4.69, 9.17) is 9.47 Å². The molecule has 1 N–H and O–H groups in total. The van der Waals surface area contributed by atoms with Gasteiger partial charge in [0.1, 0.15) is 17.5 Å². The van der Waals surface area contributed by atoms with Gasteiger partial charge in [-0.1, -0.05) is 19.8 Å². The maximum absolute atomic E-state index is 10.4. The second kappa shape index (κ2) is 4.76. The van der Waals surface area contributed by atoms with Gasteiger partial charge in [-0.15, -0.1) is 0 Å². The van der Waals surface area contributed by atoms with Crippen molar-refractivity contribution in [1.82, 2.24) is 0 Å². The number of aliphatic hydroxyl groups excluding tert-OH is 1. The fraction of sp³-hybridized carbons (Fsp3) is 0.846. The number of rotatable bonds is 3. The monoisotopic (exact) mass is 226 g/mol. The van der Waals surface area contributed by atoms with Gasteiger partial charge < -0.3 is 14.6 Å². The average Bonchev–Trinajstić information content (AvgIpc) is 2.81. The number of hydrogen-bond acceptors (Lipinski definition) is 3. The Balaban J connectivity index is 2.12. The number of methoxy groups -OCH3 is 1. The van der Waals surface area contributed by atoms with Crippen LogP contribution >= 0.6 is 0 Å². The average molecular weight is 226 g/mol. The first-order valence-corrected chi connectivity index (χ1v) is 6.24. The summed E-state index contributed by atoms with van der Waals surface area (Å²) in [4.78, 5) is 0. The van der Waals surface area contributed by atoms with Gasteiger partial charge in [-0.25, -0.2) is 0 Å². The molecule has 3 unspecified atom stereocenters. The molecule has 1 aliphatic heterocycles. The minimum Gasteiger partial charge on any atom is -0.495 e. The van der Waals surface area contributed by atoms with Crippen molar-refractivity contribution >= 4 is 0 Å². The molecular weight excluding hydrogens is 204 g/mol. The van der Waals surface area contributed by atoms with Crippen molar-refractivity contribution in [2.75, 3.05) is 13.7 Å². The highest BCUT2D eigenvalue weighted by atomic mass is 16.5. The molecule has 1 saturated carbocycles. The van der Waals surface area contributed by atoms with Crippen LogP contribution < -0.4 is 0 Å². The quantitative estimate of drug-likeness (QED) is 0.802. The first-order chi connectivity index (χ1) is 7.68. The molecular formula is C13H22O3. The largest absolute Gasteiger partial charge is 0.495 e. The first-order valence-electron chi connectivity index (χ1n) is 6.24. The number of ether oxygens (including phenoxy) is 2. The van der Waals surface area contributed by atoms with Crippen molar-refractivity contribution in [2.45, 2.75) is 50.7 Å². The molecule has 0 spiro atoms. The first kappa shape index (κ1) is 11.9. The van der Waals surface area contributed by atoms with Crippen LogP contribution in [0.2, 0.25) is 0 Å². The lowest BCUT2D eigenvalue weighted by molar-refractivity contribution is -0.130. The van der Waals surface area contributed by atoms with E-state index in [0.29, 0.717) is 12.5 Å². The van der Waals surface area contributed by atoms with E-state index in [-0.39, 0.29) is 0 Å². The molecule has 16 heavy (non-hydrogen) atoms. The molecule has 2 aliphatic rings. The van der Waals surface area contributed by atoms with Crippen LogP contribution in [0.4, 0.5) is 0 Å². The van der Waals surface area contributed by atoms with Crippen LogP contribution in [0.3, 0.4) is 0 Å². The topological polar surface area (TPSA) is 38.7 Å². The molecule has 1 heterocycles. The third-order valence-corrected chi connectivity index (χ3v) is 3.90. The van der Waals surface area contributed by atoms with Crippen LogP contribution in [-0.2, 0) is 9.47 Å². The SMILES string of the molecule is COC1(C(O)C2=CCCO2)CCCC(C)C1. The van der Waals surface area contributed by atoms with Crippen LogP contribution in [0.1, 0.15) is 39.0 Å². The van der Waals surface area contributed by atoms with E-state index in [1.165, 1.54) is 6.42 Å². The Hall–Kier alpha value is -0.540. The van der Waals surface area contributed by atoms with Crippen LogP contribution in [0.15, 0.2) is 11.8 Å². The van der Waals surface area contributed by atoms with Crippen molar-refractivity contribution < 1.29 is 14.6 Å². The minimum atomic E-state index is -0.595. The molecule has 0 amide bonds. The molecule has 0 saturated heterocycles. The summed E-state index contributed by atoms with van der Waals surface area (Å²) in [6, 6.07) is 0.